The molecule has 2 aromatic rings. The second kappa shape index (κ2) is 10.7. The molecule has 0 saturated carbocycles. The lowest BCUT2D eigenvalue weighted by molar-refractivity contribution is 0.702. The van der Waals surface area contributed by atoms with E-state index in [1.165, 1.54) is 16.1 Å². The van der Waals surface area contributed by atoms with Gasteiger partial charge in [0.05, 0.1) is 12.2 Å². The second-order valence-corrected chi connectivity index (χ2v) is 6.76. The number of aromatic nitrogens is 3. The summed E-state index contributed by atoms with van der Waals surface area (Å²) in [6, 6.07) is 0. The molecule has 0 unspecified atom stereocenters. The summed E-state index contributed by atoms with van der Waals surface area (Å²) in [7, 11) is 3.81. The van der Waals surface area contributed by atoms with E-state index in [1.807, 2.05) is 17.9 Å². The minimum Gasteiger partial charge on any atom is -0.352 e. The Balaban J connectivity index is 0.00000312. The molecule has 0 bridgehead atoms. The van der Waals surface area contributed by atoms with Gasteiger partial charge in [-0.15, -0.1) is 35.3 Å². The average molecular weight is 476 g/mol. The van der Waals surface area contributed by atoms with Crippen molar-refractivity contribution in [3.05, 3.63) is 33.0 Å². The molecule has 140 valence electrons. The van der Waals surface area contributed by atoms with Gasteiger partial charge in [0.1, 0.15) is 5.01 Å². The lowest BCUT2D eigenvalue weighted by Crippen LogP contribution is -2.36. The lowest BCUT2D eigenvalue weighted by Gasteiger charge is -2.12. The Morgan fingerprint density at radius 2 is 1.88 bits per heavy atom. The highest BCUT2D eigenvalue weighted by molar-refractivity contribution is 14.0. The van der Waals surface area contributed by atoms with Gasteiger partial charge in [0, 0.05) is 43.0 Å². The Morgan fingerprint density at radius 3 is 2.44 bits per heavy atom. The molecule has 25 heavy (non-hydrogen) atoms. The number of hydrogen-bond donors (Lipinski definition) is 2. The fourth-order valence-electron chi connectivity index (χ4n) is 2.74. The minimum atomic E-state index is 0. The molecule has 2 rings (SSSR count). The SMILES string of the molecule is CCc1cnc(CNC(=NC)NCc2c(CC)nn(C)c2CC)s1.I. The van der Waals surface area contributed by atoms with Crippen LogP contribution in [0.4, 0.5) is 0 Å². The van der Waals surface area contributed by atoms with E-state index < -0.39 is 0 Å². The average Bonchev–Trinajstić information content (AvgIpc) is 3.18. The topological polar surface area (TPSA) is 67.1 Å². The van der Waals surface area contributed by atoms with E-state index in [0.717, 1.165) is 42.5 Å². The number of hydrogen-bond acceptors (Lipinski definition) is 4. The van der Waals surface area contributed by atoms with Crippen molar-refractivity contribution in [1.82, 2.24) is 25.4 Å². The number of nitrogens with one attached hydrogen (secondary N) is 2. The van der Waals surface area contributed by atoms with E-state index in [2.05, 4.69) is 46.5 Å². The van der Waals surface area contributed by atoms with Gasteiger partial charge >= 0.3 is 0 Å². The number of guanidine groups is 1. The molecule has 0 aromatic carbocycles. The van der Waals surface area contributed by atoms with E-state index in [1.54, 1.807) is 18.4 Å². The molecule has 6 nitrogen and oxygen atoms in total. The zero-order valence-corrected chi connectivity index (χ0v) is 18.9. The van der Waals surface area contributed by atoms with E-state index in [4.69, 9.17) is 0 Å². The van der Waals surface area contributed by atoms with Crippen LogP contribution in [0.3, 0.4) is 0 Å². The highest BCUT2D eigenvalue weighted by Gasteiger charge is 2.13. The molecule has 0 aliphatic heterocycles. The summed E-state index contributed by atoms with van der Waals surface area (Å²) in [4.78, 5) is 10.0. The molecule has 0 aliphatic rings. The van der Waals surface area contributed by atoms with Gasteiger partial charge in [0.25, 0.3) is 0 Å². The van der Waals surface area contributed by atoms with Gasteiger partial charge in [0.2, 0.25) is 0 Å². The first kappa shape index (κ1) is 21.9. The Hall–Kier alpha value is -1.16. The van der Waals surface area contributed by atoms with Crippen LogP contribution in [0.1, 0.15) is 47.6 Å². The first-order valence-electron chi connectivity index (χ1n) is 8.54. The third-order valence-corrected chi connectivity index (χ3v) is 5.18. The summed E-state index contributed by atoms with van der Waals surface area (Å²) < 4.78 is 1.99. The Labute approximate surface area is 171 Å². The molecule has 0 fully saturated rings. The van der Waals surface area contributed by atoms with E-state index in [-0.39, 0.29) is 24.0 Å². The maximum Gasteiger partial charge on any atom is 0.191 e. The quantitative estimate of drug-likeness (QED) is 0.366. The normalized spacial score (nSPS) is 11.3. The lowest BCUT2D eigenvalue weighted by atomic mass is 10.1. The van der Waals surface area contributed by atoms with Gasteiger partial charge in [-0.2, -0.15) is 5.10 Å². The zero-order valence-electron chi connectivity index (χ0n) is 15.7. The molecule has 2 N–H and O–H groups in total. The van der Waals surface area contributed by atoms with Crippen LogP contribution in [0, 0.1) is 0 Å². The van der Waals surface area contributed by atoms with Crippen LogP contribution >= 0.6 is 35.3 Å². The summed E-state index contributed by atoms with van der Waals surface area (Å²) in [6.07, 6.45) is 4.90. The van der Waals surface area contributed by atoms with Crippen LogP contribution in [0.25, 0.3) is 0 Å². The molecule has 0 aliphatic carbocycles. The van der Waals surface area contributed by atoms with Crippen molar-refractivity contribution in [2.45, 2.75) is 53.1 Å². The summed E-state index contributed by atoms with van der Waals surface area (Å²) >= 11 is 1.75. The largest absolute Gasteiger partial charge is 0.352 e. The van der Waals surface area contributed by atoms with Gasteiger partial charge in [-0.25, -0.2) is 4.98 Å². The van der Waals surface area contributed by atoms with Gasteiger partial charge < -0.3 is 10.6 Å². The predicted molar refractivity (Wildman–Crippen MR) is 116 cm³/mol. The molecular formula is C17H29IN6S. The summed E-state index contributed by atoms with van der Waals surface area (Å²) in [5, 5.41) is 12.4. The molecule has 8 heteroatoms. The minimum absolute atomic E-state index is 0. The van der Waals surface area contributed by atoms with Crippen LogP contribution in [-0.4, -0.2) is 27.8 Å². The van der Waals surface area contributed by atoms with Crippen LogP contribution in [-0.2, 0) is 39.4 Å². The van der Waals surface area contributed by atoms with Gasteiger partial charge in [0.15, 0.2) is 5.96 Å². The standard InChI is InChI=1S/C17H28N6S.HI/c1-6-12-9-19-16(24-12)11-21-17(18-4)20-10-13-14(7-2)22-23(5)15(13)8-3;/h9H,6-8,10-11H2,1-5H3,(H2,18,20,21);1H. The van der Waals surface area contributed by atoms with Gasteiger partial charge in [-0.3, -0.25) is 9.67 Å². The number of nitrogens with zero attached hydrogens (tertiary/aromatic N) is 4. The van der Waals surface area contributed by atoms with Crippen LogP contribution < -0.4 is 10.6 Å². The number of halogens is 1. The maximum atomic E-state index is 4.62. The third-order valence-electron chi connectivity index (χ3n) is 4.04. The highest BCUT2D eigenvalue weighted by Crippen LogP contribution is 2.15. The van der Waals surface area contributed by atoms with E-state index in [9.17, 15) is 0 Å². The summed E-state index contributed by atoms with van der Waals surface area (Å²) in [5.41, 5.74) is 3.72. The molecule has 0 saturated heterocycles. The Bertz CT molecular complexity index is 691. The summed E-state index contributed by atoms with van der Waals surface area (Å²) in [6.45, 7) is 7.89. The summed E-state index contributed by atoms with van der Waals surface area (Å²) in [5.74, 6) is 0.788. The molecule has 0 spiro atoms. The number of rotatable bonds is 7. The van der Waals surface area contributed by atoms with Crippen LogP contribution in [0.15, 0.2) is 11.2 Å². The van der Waals surface area contributed by atoms with E-state index in [0.29, 0.717) is 6.54 Å². The molecule has 2 aromatic heterocycles. The van der Waals surface area contributed by atoms with Crippen molar-refractivity contribution in [2.75, 3.05) is 7.05 Å². The molecule has 0 amide bonds. The van der Waals surface area contributed by atoms with Crippen molar-refractivity contribution in [3.8, 4) is 0 Å². The van der Waals surface area contributed by atoms with Crippen molar-refractivity contribution in [3.63, 3.8) is 0 Å². The third kappa shape index (κ3) is 5.67. The molecular weight excluding hydrogens is 447 g/mol. The van der Waals surface area contributed by atoms with Crippen LogP contribution in [0.2, 0.25) is 0 Å². The van der Waals surface area contributed by atoms with Crippen LogP contribution in [0.5, 0.6) is 0 Å². The Kier molecular flexibility index (Phi) is 9.41. The fourth-order valence-corrected chi connectivity index (χ4v) is 3.54. The van der Waals surface area contributed by atoms with Crippen molar-refractivity contribution >= 4 is 41.3 Å². The maximum absolute atomic E-state index is 4.62. The zero-order chi connectivity index (χ0) is 17.5. The van der Waals surface area contributed by atoms with Crippen molar-refractivity contribution in [1.29, 1.82) is 0 Å². The van der Waals surface area contributed by atoms with Gasteiger partial charge in [-0.05, 0) is 19.3 Å². The molecule has 0 atom stereocenters. The number of aryl methyl sites for hydroxylation is 3. The highest BCUT2D eigenvalue weighted by atomic mass is 127. The predicted octanol–water partition coefficient (Wildman–Crippen LogP) is 3.05. The molecule has 0 radical (unpaired) electrons. The Morgan fingerprint density at radius 1 is 1.16 bits per heavy atom. The smallest absolute Gasteiger partial charge is 0.191 e. The number of aliphatic imine (C=N–C) groups is 1. The van der Waals surface area contributed by atoms with Crippen molar-refractivity contribution in [2.24, 2.45) is 12.0 Å². The monoisotopic (exact) mass is 476 g/mol. The van der Waals surface area contributed by atoms with Crippen molar-refractivity contribution < 1.29 is 0 Å². The van der Waals surface area contributed by atoms with Gasteiger partial charge in [-0.1, -0.05) is 20.8 Å². The van der Waals surface area contributed by atoms with E-state index >= 15 is 0 Å². The first-order valence-corrected chi connectivity index (χ1v) is 9.36. The molecule has 2 heterocycles. The first-order chi connectivity index (χ1) is 11.6. The number of thiazole rings is 1. The second-order valence-electron chi connectivity index (χ2n) is 5.56. The fraction of sp³-hybridized carbons (Fsp3) is 0.588.